The normalized spacial score (nSPS) is 11.9. The zero-order chi connectivity index (χ0) is 37.5. The van der Waals surface area contributed by atoms with E-state index in [1.54, 1.807) is 0 Å². The summed E-state index contributed by atoms with van der Waals surface area (Å²) in [5.74, 6) is 1.69. The van der Waals surface area contributed by atoms with Crippen LogP contribution in [0.3, 0.4) is 0 Å². The molecule has 6 heteroatoms. The maximum Gasteiger partial charge on any atom is 0.238 e. The van der Waals surface area contributed by atoms with E-state index in [1.807, 2.05) is 30.3 Å². The van der Waals surface area contributed by atoms with Crippen molar-refractivity contribution in [3.8, 4) is 45.5 Å². The standard InChI is InChI=1S/C51H31N5O/c1-3-13-32(14-4-1)33-23-25-34(26-24-33)49-52-50(35-27-28-39-38-18-9-12-22-45(38)57-46(39)31-35)54-51(53-49)56-43-21-11-8-19-41(43)47-44(56)30-29-40-37-17-7-10-20-42(37)55(48(40)47)36-15-5-2-6-16-36/h1-31H. The van der Waals surface area contributed by atoms with Crippen molar-refractivity contribution in [3.63, 3.8) is 0 Å². The molecule has 0 radical (unpaired) electrons. The van der Waals surface area contributed by atoms with Crippen molar-refractivity contribution in [3.05, 3.63) is 188 Å². The topological polar surface area (TPSA) is 61.7 Å². The molecule has 12 aromatic rings. The Hall–Kier alpha value is -7.83. The first-order chi connectivity index (χ1) is 28.3. The minimum absolute atomic E-state index is 0.541. The number of para-hydroxylation sites is 4. The van der Waals surface area contributed by atoms with Crippen LogP contribution in [0.15, 0.2) is 192 Å². The fraction of sp³-hybridized carbons (Fsp3) is 0. The number of furan rings is 1. The van der Waals surface area contributed by atoms with E-state index < -0.39 is 0 Å². The molecule has 0 atom stereocenters. The number of rotatable bonds is 5. The molecule has 0 unspecified atom stereocenters. The van der Waals surface area contributed by atoms with Crippen LogP contribution >= 0.6 is 0 Å². The number of fused-ring (bicyclic) bond motifs is 10. The second-order valence-corrected chi connectivity index (χ2v) is 14.4. The van der Waals surface area contributed by atoms with Gasteiger partial charge >= 0.3 is 0 Å². The lowest BCUT2D eigenvalue weighted by atomic mass is 10.0. The summed E-state index contributed by atoms with van der Waals surface area (Å²) in [7, 11) is 0. The van der Waals surface area contributed by atoms with Crippen molar-refractivity contribution in [1.29, 1.82) is 0 Å². The predicted molar refractivity (Wildman–Crippen MR) is 232 cm³/mol. The molecule has 0 N–H and O–H groups in total. The third kappa shape index (κ3) is 4.87. The molecule has 12 rings (SSSR count). The lowest BCUT2D eigenvalue weighted by molar-refractivity contribution is 0.669. The molecule has 0 fully saturated rings. The summed E-state index contributed by atoms with van der Waals surface area (Å²) in [5.41, 5.74) is 11.1. The van der Waals surface area contributed by atoms with Gasteiger partial charge in [0.25, 0.3) is 0 Å². The van der Waals surface area contributed by atoms with Gasteiger partial charge in [-0.3, -0.25) is 4.57 Å². The van der Waals surface area contributed by atoms with E-state index in [0.29, 0.717) is 17.6 Å². The SMILES string of the molecule is c1ccc(-c2ccc(-c3nc(-c4ccc5c(c4)oc4ccccc45)nc(-n4c5ccccc5c5c4ccc4c6ccccc6n(-c6ccccc6)c45)n3)cc2)cc1. The fourth-order valence-electron chi connectivity index (χ4n) is 8.60. The zero-order valence-corrected chi connectivity index (χ0v) is 30.5. The molecule has 6 nitrogen and oxygen atoms in total. The molecule has 4 heterocycles. The lowest BCUT2D eigenvalue weighted by Gasteiger charge is -2.12. The smallest absolute Gasteiger partial charge is 0.238 e. The Kier molecular flexibility index (Phi) is 6.83. The molecule has 0 aliphatic rings. The number of nitrogens with zero attached hydrogens (tertiary/aromatic N) is 5. The molecule has 8 aromatic carbocycles. The van der Waals surface area contributed by atoms with Crippen LogP contribution in [0.2, 0.25) is 0 Å². The minimum Gasteiger partial charge on any atom is -0.456 e. The first-order valence-electron chi connectivity index (χ1n) is 19.1. The molecule has 0 saturated heterocycles. The Morgan fingerprint density at radius 2 is 0.912 bits per heavy atom. The van der Waals surface area contributed by atoms with Crippen LogP contribution in [0.25, 0.3) is 111 Å². The van der Waals surface area contributed by atoms with Gasteiger partial charge in [0.1, 0.15) is 11.2 Å². The Morgan fingerprint density at radius 3 is 1.70 bits per heavy atom. The number of aromatic nitrogens is 5. The first-order valence-corrected chi connectivity index (χ1v) is 19.1. The van der Waals surface area contributed by atoms with E-state index in [-0.39, 0.29) is 0 Å². The highest BCUT2D eigenvalue weighted by atomic mass is 16.3. The highest BCUT2D eigenvalue weighted by molar-refractivity contribution is 6.26. The summed E-state index contributed by atoms with van der Waals surface area (Å²) in [5, 5.41) is 6.80. The van der Waals surface area contributed by atoms with E-state index in [9.17, 15) is 0 Å². The van der Waals surface area contributed by atoms with Crippen molar-refractivity contribution in [2.24, 2.45) is 0 Å². The van der Waals surface area contributed by atoms with Crippen LogP contribution in [0, 0.1) is 0 Å². The lowest BCUT2D eigenvalue weighted by Crippen LogP contribution is -2.06. The van der Waals surface area contributed by atoms with E-state index >= 15 is 0 Å². The molecular formula is C51H31N5O. The molecule has 0 amide bonds. The minimum atomic E-state index is 0.541. The van der Waals surface area contributed by atoms with E-state index in [2.05, 4.69) is 167 Å². The summed E-state index contributed by atoms with van der Waals surface area (Å²) in [6, 6.07) is 65.5. The van der Waals surface area contributed by atoms with Gasteiger partial charge < -0.3 is 8.98 Å². The molecule has 0 spiro atoms. The molecule has 0 aliphatic heterocycles. The third-order valence-electron chi connectivity index (χ3n) is 11.2. The Labute approximate surface area is 326 Å². The quantitative estimate of drug-likeness (QED) is 0.177. The largest absolute Gasteiger partial charge is 0.456 e. The Bertz CT molecular complexity index is 3510. The van der Waals surface area contributed by atoms with Gasteiger partial charge in [0, 0.05) is 49.1 Å². The average molecular weight is 730 g/mol. The van der Waals surface area contributed by atoms with Crippen molar-refractivity contribution < 1.29 is 4.42 Å². The summed E-state index contributed by atoms with van der Waals surface area (Å²) in [6.07, 6.45) is 0. The van der Waals surface area contributed by atoms with Gasteiger partial charge in [0.15, 0.2) is 11.6 Å². The molecule has 266 valence electrons. The molecule has 57 heavy (non-hydrogen) atoms. The second kappa shape index (κ2) is 12.3. The molecule has 4 aromatic heterocycles. The fourth-order valence-corrected chi connectivity index (χ4v) is 8.60. The van der Waals surface area contributed by atoms with Gasteiger partial charge in [0.2, 0.25) is 5.95 Å². The first kappa shape index (κ1) is 31.5. The summed E-state index contributed by atoms with van der Waals surface area (Å²) in [4.78, 5) is 15.7. The van der Waals surface area contributed by atoms with Crippen LogP contribution in [0.1, 0.15) is 0 Å². The second-order valence-electron chi connectivity index (χ2n) is 14.4. The van der Waals surface area contributed by atoms with Crippen molar-refractivity contribution >= 4 is 65.6 Å². The maximum absolute atomic E-state index is 6.34. The van der Waals surface area contributed by atoms with E-state index in [4.69, 9.17) is 19.4 Å². The van der Waals surface area contributed by atoms with Crippen LogP contribution in [-0.2, 0) is 0 Å². The van der Waals surface area contributed by atoms with Crippen molar-refractivity contribution in [2.75, 3.05) is 0 Å². The van der Waals surface area contributed by atoms with Gasteiger partial charge in [-0.1, -0.05) is 140 Å². The number of hydrogen-bond acceptors (Lipinski definition) is 4. The third-order valence-corrected chi connectivity index (χ3v) is 11.2. The van der Waals surface area contributed by atoms with Gasteiger partial charge in [0.05, 0.1) is 22.1 Å². The summed E-state index contributed by atoms with van der Waals surface area (Å²) < 4.78 is 10.9. The molecule has 0 saturated carbocycles. The average Bonchev–Trinajstić information content (AvgIpc) is 3.94. The highest BCUT2D eigenvalue weighted by Gasteiger charge is 2.23. The van der Waals surface area contributed by atoms with Gasteiger partial charge in [-0.2, -0.15) is 9.97 Å². The molecule has 0 aliphatic carbocycles. The highest BCUT2D eigenvalue weighted by Crippen LogP contribution is 2.42. The zero-order valence-electron chi connectivity index (χ0n) is 30.5. The summed E-state index contributed by atoms with van der Waals surface area (Å²) in [6.45, 7) is 0. The number of hydrogen-bond donors (Lipinski definition) is 0. The number of benzene rings is 8. The molecule has 0 bridgehead atoms. The van der Waals surface area contributed by atoms with Gasteiger partial charge in [-0.15, -0.1) is 0 Å². The Morgan fingerprint density at radius 1 is 0.351 bits per heavy atom. The van der Waals surface area contributed by atoms with Crippen molar-refractivity contribution in [2.45, 2.75) is 0 Å². The predicted octanol–water partition coefficient (Wildman–Crippen LogP) is 13.0. The van der Waals surface area contributed by atoms with E-state index in [0.717, 1.165) is 82.7 Å². The monoisotopic (exact) mass is 729 g/mol. The van der Waals surface area contributed by atoms with E-state index in [1.165, 1.54) is 10.8 Å². The van der Waals surface area contributed by atoms with Crippen LogP contribution in [0.5, 0.6) is 0 Å². The van der Waals surface area contributed by atoms with Crippen LogP contribution in [0.4, 0.5) is 0 Å². The molecular weight excluding hydrogens is 699 g/mol. The van der Waals surface area contributed by atoms with Gasteiger partial charge in [-0.25, -0.2) is 4.98 Å². The maximum atomic E-state index is 6.34. The van der Waals surface area contributed by atoms with Crippen LogP contribution < -0.4 is 0 Å². The van der Waals surface area contributed by atoms with Gasteiger partial charge in [-0.05, 0) is 59.7 Å². The van der Waals surface area contributed by atoms with Crippen molar-refractivity contribution in [1.82, 2.24) is 24.1 Å². The Balaban J connectivity index is 1.14. The van der Waals surface area contributed by atoms with Crippen LogP contribution in [-0.4, -0.2) is 24.1 Å². The summed E-state index contributed by atoms with van der Waals surface area (Å²) >= 11 is 0.